The van der Waals surface area contributed by atoms with E-state index in [2.05, 4.69) is 27.9 Å². The average molecular weight is 521 g/mol. The number of rotatable bonds is 11. The number of hydroxylamine groups is 1. The minimum Gasteiger partial charge on any atom is -0.606 e. The number of nitrogens with one attached hydrogen (secondary N) is 1. The number of ether oxygens (including phenoxy) is 1. The van der Waals surface area contributed by atoms with Crippen molar-refractivity contribution in [3.63, 3.8) is 0 Å². The molecule has 0 aromatic heterocycles. The summed E-state index contributed by atoms with van der Waals surface area (Å²) in [6, 6.07) is 15.3. The molecule has 2 aromatic carbocycles. The van der Waals surface area contributed by atoms with Gasteiger partial charge in [-0.2, -0.15) is 0 Å². The number of anilines is 1. The van der Waals surface area contributed by atoms with Crippen LogP contribution in [0.25, 0.3) is 0 Å². The fourth-order valence-corrected chi connectivity index (χ4v) is 5.11. The van der Waals surface area contributed by atoms with Gasteiger partial charge in [-0.25, -0.2) is 5.17 Å². The smallest absolute Gasteiger partial charge is 0.152 e. The van der Waals surface area contributed by atoms with Crippen LogP contribution < -0.4 is 14.8 Å². The monoisotopic (exact) mass is 519 g/mol. The molecule has 4 rings (SSSR count). The van der Waals surface area contributed by atoms with Crippen LogP contribution >= 0.6 is 23.2 Å². The van der Waals surface area contributed by atoms with Crippen molar-refractivity contribution < 1.29 is 9.91 Å². The van der Waals surface area contributed by atoms with Gasteiger partial charge in [-0.1, -0.05) is 42.3 Å². The van der Waals surface area contributed by atoms with E-state index in [1.165, 1.54) is 5.69 Å². The van der Waals surface area contributed by atoms with Crippen LogP contribution in [0.3, 0.4) is 0 Å². The Morgan fingerprint density at radius 2 is 1.74 bits per heavy atom. The minimum atomic E-state index is -0.121. The summed E-state index contributed by atoms with van der Waals surface area (Å²) in [4.78, 5) is 4.85. The Bertz CT molecular complexity index is 984. The summed E-state index contributed by atoms with van der Waals surface area (Å²) < 4.78 is 5.79. The Morgan fingerprint density at radius 3 is 2.46 bits per heavy atom. The van der Waals surface area contributed by atoms with E-state index >= 15 is 0 Å². The summed E-state index contributed by atoms with van der Waals surface area (Å²) in [7, 11) is 0. The van der Waals surface area contributed by atoms with Crippen LogP contribution in [-0.2, 0) is 0 Å². The van der Waals surface area contributed by atoms with E-state index in [4.69, 9.17) is 27.9 Å². The van der Waals surface area contributed by atoms with Gasteiger partial charge in [0.1, 0.15) is 11.5 Å². The summed E-state index contributed by atoms with van der Waals surface area (Å²) in [6.45, 7) is 8.28. The number of hydrazone groups is 1. The number of quaternary nitrogens is 1. The Morgan fingerprint density at radius 1 is 1.00 bits per heavy atom. The number of nitrogens with zero attached hydrogens (tertiary/aromatic N) is 4. The van der Waals surface area contributed by atoms with Crippen LogP contribution in [0, 0.1) is 5.21 Å². The molecule has 1 N–H and O–H groups in total. The van der Waals surface area contributed by atoms with Gasteiger partial charge >= 0.3 is 0 Å². The predicted molar refractivity (Wildman–Crippen MR) is 143 cm³/mol. The maximum absolute atomic E-state index is 13.0. The first-order valence-corrected chi connectivity index (χ1v) is 13.3. The topological polar surface area (TPSA) is 58.8 Å². The standard InChI is InChI=1S/C26H35Cl2N5O2/c1-2-25-26(11-5-18-35-24-10-4-8-22(28)20-24)33(34)32(29-25)13-6-12-30-14-16-31(17-15-30)23-9-3-7-21(27)19-23/h3-4,7-10,19-20,26,33H,2,5-6,11-18H2,1H3. The number of hydrogen-bond donors (Lipinski definition) is 1. The van der Waals surface area contributed by atoms with E-state index in [1.54, 1.807) is 11.2 Å². The highest BCUT2D eigenvalue weighted by Crippen LogP contribution is 2.21. The SMILES string of the molecule is CCC1=NN(CCCN2CCN(c3cccc(Cl)c3)CC2)[NH+]([O-])C1CCCOc1cccc(Cl)c1. The second-order valence-corrected chi connectivity index (χ2v) is 9.94. The van der Waals surface area contributed by atoms with E-state index in [1.807, 2.05) is 36.4 Å². The summed E-state index contributed by atoms with van der Waals surface area (Å²) in [5, 5.41) is 20.9. The summed E-state index contributed by atoms with van der Waals surface area (Å²) >= 11 is 12.1. The lowest BCUT2D eigenvalue weighted by Crippen LogP contribution is -3.15. The molecule has 0 aliphatic carbocycles. The molecule has 0 bridgehead atoms. The molecule has 1 saturated heterocycles. The van der Waals surface area contributed by atoms with Crippen LogP contribution in [0.4, 0.5) is 5.69 Å². The average Bonchev–Trinajstić information content (AvgIpc) is 3.17. The van der Waals surface area contributed by atoms with Crippen molar-refractivity contribution in [1.82, 2.24) is 10.0 Å². The summed E-state index contributed by atoms with van der Waals surface area (Å²) in [5.41, 5.74) is 2.18. The predicted octanol–water partition coefficient (Wildman–Crippen LogP) is 4.11. The van der Waals surface area contributed by atoms with Gasteiger partial charge in [0.05, 0.1) is 13.2 Å². The molecule has 9 heteroatoms. The van der Waals surface area contributed by atoms with Crippen LogP contribution in [0.1, 0.15) is 32.6 Å². The van der Waals surface area contributed by atoms with Crippen molar-refractivity contribution in [2.45, 2.75) is 38.6 Å². The normalized spacial score (nSPS) is 20.9. The molecule has 2 aromatic rings. The number of benzene rings is 2. The summed E-state index contributed by atoms with van der Waals surface area (Å²) in [6.07, 6.45) is 3.28. The molecule has 0 spiro atoms. The molecule has 2 heterocycles. The van der Waals surface area contributed by atoms with Crippen molar-refractivity contribution in [2.24, 2.45) is 5.10 Å². The highest BCUT2D eigenvalue weighted by Gasteiger charge is 2.32. The van der Waals surface area contributed by atoms with Gasteiger partial charge in [0.15, 0.2) is 6.04 Å². The van der Waals surface area contributed by atoms with Gasteiger partial charge in [0.25, 0.3) is 0 Å². The molecular formula is C26H35Cl2N5O2. The second kappa shape index (κ2) is 12.8. The molecule has 1 fully saturated rings. The van der Waals surface area contributed by atoms with Crippen molar-refractivity contribution in [3.8, 4) is 5.75 Å². The maximum Gasteiger partial charge on any atom is 0.152 e. The van der Waals surface area contributed by atoms with Gasteiger partial charge in [0, 0.05) is 54.9 Å². The zero-order valence-electron chi connectivity index (χ0n) is 20.3. The molecule has 2 atom stereocenters. The first-order chi connectivity index (χ1) is 17.0. The molecule has 35 heavy (non-hydrogen) atoms. The van der Waals surface area contributed by atoms with E-state index in [0.29, 0.717) is 18.2 Å². The third kappa shape index (κ3) is 7.24. The first kappa shape index (κ1) is 26.0. The Balaban J connectivity index is 1.16. The van der Waals surface area contributed by atoms with E-state index in [0.717, 1.165) is 74.9 Å². The Labute approximate surface area is 218 Å². The molecular weight excluding hydrogens is 485 g/mol. The molecule has 2 aliphatic heterocycles. The molecule has 190 valence electrons. The van der Waals surface area contributed by atoms with Crippen molar-refractivity contribution in [1.29, 1.82) is 0 Å². The van der Waals surface area contributed by atoms with Gasteiger partial charge < -0.3 is 14.8 Å². The van der Waals surface area contributed by atoms with Crippen LogP contribution in [0.2, 0.25) is 10.0 Å². The Kier molecular flexibility index (Phi) is 9.52. The minimum absolute atomic E-state index is 0.121. The fraction of sp³-hybridized carbons (Fsp3) is 0.500. The van der Waals surface area contributed by atoms with Crippen LogP contribution in [0.15, 0.2) is 53.6 Å². The van der Waals surface area contributed by atoms with Gasteiger partial charge in [-0.05, 0) is 55.7 Å². The van der Waals surface area contributed by atoms with Gasteiger partial charge in [0.2, 0.25) is 0 Å². The van der Waals surface area contributed by atoms with E-state index in [-0.39, 0.29) is 11.2 Å². The number of piperazine rings is 1. The van der Waals surface area contributed by atoms with E-state index < -0.39 is 0 Å². The third-order valence-electron chi connectivity index (χ3n) is 6.66. The van der Waals surface area contributed by atoms with Gasteiger partial charge in [-0.3, -0.25) is 4.90 Å². The number of hydrogen-bond acceptors (Lipinski definition) is 6. The lowest BCUT2D eigenvalue weighted by Gasteiger charge is -2.36. The third-order valence-corrected chi connectivity index (χ3v) is 7.13. The van der Waals surface area contributed by atoms with Crippen LogP contribution in [0.5, 0.6) is 5.75 Å². The largest absolute Gasteiger partial charge is 0.606 e. The first-order valence-electron chi connectivity index (χ1n) is 12.5. The molecule has 2 unspecified atom stereocenters. The quantitative estimate of drug-likeness (QED) is 0.357. The lowest BCUT2D eigenvalue weighted by atomic mass is 10.1. The maximum atomic E-state index is 13.0. The van der Waals surface area contributed by atoms with Crippen molar-refractivity contribution in [2.75, 3.05) is 50.8 Å². The highest BCUT2D eigenvalue weighted by atomic mass is 35.5. The molecule has 7 nitrogen and oxygen atoms in total. The number of halogens is 2. The molecule has 2 aliphatic rings. The van der Waals surface area contributed by atoms with Crippen molar-refractivity contribution in [3.05, 3.63) is 63.8 Å². The second-order valence-electron chi connectivity index (χ2n) is 9.07. The molecule has 0 amide bonds. The van der Waals surface area contributed by atoms with Crippen molar-refractivity contribution >= 4 is 34.6 Å². The Hall–Kier alpha value is -2.03. The fourth-order valence-electron chi connectivity index (χ4n) is 4.74. The molecule has 0 saturated carbocycles. The van der Waals surface area contributed by atoms with Crippen LogP contribution in [-0.4, -0.2) is 67.6 Å². The van der Waals surface area contributed by atoms with E-state index in [9.17, 15) is 5.21 Å². The highest BCUT2D eigenvalue weighted by molar-refractivity contribution is 6.31. The summed E-state index contributed by atoms with van der Waals surface area (Å²) in [5.74, 6) is 0.759. The zero-order valence-corrected chi connectivity index (χ0v) is 21.8. The molecule has 0 radical (unpaired) electrons. The zero-order chi connectivity index (χ0) is 24.6. The lowest BCUT2D eigenvalue weighted by molar-refractivity contribution is -0.979. The van der Waals surface area contributed by atoms with Gasteiger partial charge in [-0.15, -0.1) is 10.2 Å².